The molecule has 1 saturated heterocycles. The van der Waals surface area contributed by atoms with Crippen molar-refractivity contribution in [3.8, 4) is 0 Å². The Hall–Kier alpha value is -1.20. The maximum atomic E-state index is 13.0. The summed E-state index contributed by atoms with van der Waals surface area (Å²) in [6, 6.07) is 0. The van der Waals surface area contributed by atoms with Crippen molar-refractivity contribution < 1.29 is 24.5 Å². The van der Waals surface area contributed by atoms with Crippen LogP contribution in [0.4, 0.5) is 0 Å². The van der Waals surface area contributed by atoms with Crippen LogP contribution >= 0.6 is 0 Å². The van der Waals surface area contributed by atoms with E-state index in [2.05, 4.69) is 47.6 Å². The van der Waals surface area contributed by atoms with Crippen LogP contribution in [0.1, 0.15) is 93.9 Å². The molecule has 35 heavy (non-hydrogen) atoms. The Morgan fingerprint density at radius 1 is 0.943 bits per heavy atom. The van der Waals surface area contributed by atoms with E-state index >= 15 is 0 Å². The maximum Gasteiger partial charge on any atom is 0.306 e. The van der Waals surface area contributed by atoms with Gasteiger partial charge in [-0.1, -0.05) is 60.1 Å². The average molecular weight is 487 g/mol. The summed E-state index contributed by atoms with van der Waals surface area (Å²) in [4.78, 5) is 25.6. The van der Waals surface area contributed by atoms with Crippen molar-refractivity contribution in [2.45, 2.75) is 112 Å². The fourth-order valence-corrected chi connectivity index (χ4v) is 10.3. The van der Waals surface area contributed by atoms with Gasteiger partial charge >= 0.3 is 5.97 Å². The van der Waals surface area contributed by atoms with Gasteiger partial charge in [0.2, 0.25) is 0 Å². The Balaban J connectivity index is 1.67. The fourth-order valence-electron chi connectivity index (χ4n) is 10.3. The van der Waals surface area contributed by atoms with Crippen molar-refractivity contribution in [3.05, 3.63) is 11.6 Å². The highest BCUT2D eigenvalue weighted by Crippen LogP contribution is 2.74. The van der Waals surface area contributed by atoms with E-state index < -0.39 is 28.6 Å². The van der Waals surface area contributed by atoms with Crippen LogP contribution in [0, 0.1) is 51.2 Å². The van der Waals surface area contributed by atoms with E-state index in [9.17, 15) is 19.8 Å². The standard InChI is InChI=1S/C30H46O5/c1-16-13-23(34)35-29(7)12-11-27(5)18(24(29)17(16)2)14-19(31)25-28(27,6)10-9-20-26(3,4)21(32)15-22(33)30(20,25)8/h14,16-17,19-20,22,24-25,31,33H,9-13,15H2,1-8H3. The largest absolute Gasteiger partial charge is 0.459 e. The maximum absolute atomic E-state index is 13.0. The molecule has 5 nitrogen and oxygen atoms in total. The quantitative estimate of drug-likeness (QED) is 0.368. The van der Waals surface area contributed by atoms with Gasteiger partial charge in [-0.3, -0.25) is 9.59 Å². The van der Waals surface area contributed by atoms with E-state index in [1.807, 2.05) is 13.8 Å². The molecular weight excluding hydrogens is 440 g/mol. The predicted molar refractivity (Wildman–Crippen MR) is 134 cm³/mol. The molecule has 1 aliphatic heterocycles. The molecule has 0 bridgehead atoms. The lowest BCUT2D eigenvalue weighted by atomic mass is 9.33. The summed E-state index contributed by atoms with van der Waals surface area (Å²) in [5, 5.41) is 23.4. The summed E-state index contributed by atoms with van der Waals surface area (Å²) in [5.41, 5.74) is -0.774. The van der Waals surface area contributed by atoms with Gasteiger partial charge in [0.05, 0.1) is 12.2 Å². The number of rotatable bonds is 0. The van der Waals surface area contributed by atoms with Crippen LogP contribution in [-0.2, 0) is 14.3 Å². The monoisotopic (exact) mass is 486 g/mol. The van der Waals surface area contributed by atoms with Gasteiger partial charge in [-0.05, 0) is 61.2 Å². The Bertz CT molecular complexity index is 983. The van der Waals surface area contributed by atoms with Crippen molar-refractivity contribution in [1.29, 1.82) is 0 Å². The van der Waals surface area contributed by atoms with E-state index in [0.717, 1.165) is 25.7 Å². The van der Waals surface area contributed by atoms with Crippen molar-refractivity contribution in [2.24, 2.45) is 51.2 Å². The minimum absolute atomic E-state index is 0.0316. The highest BCUT2D eigenvalue weighted by molar-refractivity contribution is 5.86. The third-order valence-corrected chi connectivity index (χ3v) is 12.7. The molecule has 11 unspecified atom stereocenters. The molecule has 0 spiro atoms. The van der Waals surface area contributed by atoms with Gasteiger partial charge in [-0.2, -0.15) is 0 Å². The van der Waals surface area contributed by atoms with Gasteiger partial charge in [0.1, 0.15) is 11.4 Å². The highest BCUT2D eigenvalue weighted by atomic mass is 16.6. The first-order valence-corrected chi connectivity index (χ1v) is 13.9. The van der Waals surface area contributed by atoms with Crippen molar-refractivity contribution in [3.63, 3.8) is 0 Å². The Morgan fingerprint density at radius 3 is 2.26 bits per heavy atom. The first kappa shape index (κ1) is 25.4. The van der Waals surface area contributed by atoms with Crippen LogP contribution in [0.25, 0.3) is 0 Å². The van der Waals surface area contributed by atoms with Crippen molar-refractivity contribution >= 4 is 11.8 Å². The van der Waals surface area contributed by atoms with E-state index in [1.54, 1.807) is 0 Å². The van der Waals surface area contributed by atoms with Crippen LogP contribution in [0.15, 0.2) is 11.6 Å². The van der Waals surface area contributed by atoms with E-state index in [1.165, 1.54) is 5.57 Å². The molecule has 0 radical (unpaired) electrons. The molecule has 2 N–H and O–H groups in total. The van der Waals surface area contributed by atoms with Gasteiger partial charge in [-0.25, -0.2) is 0 Å². The summed E-state index contributed by atoms with van der Waals surface area (Å²) in [7, 11) is 0. The van der Waals surface area contributed by atoms with Crippen LogP contribution in [0.3, 0.4) is 0 Å². The fraction of sp³-hybridized carbons (Fsp3) is 0.867. The Labute approximate surface area is 211 Å². The molecule has 4 aliphatic carbocycles. The van der Waals surface area contributed by atoms with Crippen molar-refractivity contribution in [2.75, 3.05) is 0 Å². The predicted octanol–water partition coefficient (Wildman–Crippen LogP) is 5.08. The molecule has 4 fully saturated rings. The van der Waals surface area contributed by atoms with Crippen molar-refractivity contribution in [1.82, 2.24) is 0 Å². The summed E-state index contributed by atoms with van der Waals surface area (Å²) in [6.07, 6.45) is 4.72. The van der Waals surface area contributed by atoms with Crippen LogP contribution in [-0.4, -0.2) is 39.8 Å². The topological polar surface area (TPSA) is 83.8 Å². The number of Topliss-reactive ketones (excluding diaryl/α,β-unsaturated/α-hetero) is 1. The molecule has 1 heterocycles. The SMILES string of the molecule is CC1CC(=O)OC2(C)CCC3(C)C(=CC(O)C4C5(C)C(O)CC(=O)C(C)(C)C5CCC43C)C2C1C. The minimum atomic E-state index is -0.752. The first-order valence-electron chi connectivity index (χ1n) is 13.9. The number of hydrogen-bond acceptors (Lipinski definition) is 5. The number of ether oxygens (including phenoxy) is 1. The zero-order chi connectivity index (χ0) is 25.9. The Kier molecular flexibility index (Phi) is 5.40. The molecule has 0 aromatic heterocycles. The van der Waals surface area contributed by atoms with Gasteiger partial charge in [0, 0.05) is 35.5 Å². The number of carbonyl (C=O) groups excluding carboxylic acids is 2. The normalized spacial score (nSPS) is 55.4. The van der Waals surface area contributed by atoms with Gasteiger partial charge in [0.25, 0.3) is 0 Å². The summed E-state index contributed by atoms with van der Waals surface area (Å²) in [6.45, 7) is 17.4. The third-order valence-electron chi connectivity index (χ3n) is 12.7. The number of carbonyl (C=O) groups is 2. The molecule has 0 amide bonds. The number of esters is 1. The summed E-state index contributed by atoms with van der Waals surface area (Å²) in [5.74, 6) is 0.452. The van der Waals surface area contributed by atoms with Gasteiger partial charge in [-0.15, -0.1) is 0 Å². The molecule has 196 valence electrons. The molecule has 5 rings (SSSR count). The van der Waals surface area contributed by atoms with Gasteiger partial charge in [0.15, 0.2) is 0 Å². The highest BCUT2D eigenvalue weighted by Gasteiger charge is 2.72. The molecule has 3 saturated carbocycles. The minimum Gasteiger partial charge on any atom is -0.459 e. The second-order valence-electron chi connectivity index (χ2n) is 14.5. The lowest BCUT2D eigenvalue weighted by molar-refractivity contribution is -0.237. The zero-order valence-corrected chi connectivity index (χ0v) is 23.0. The number of aliphatic hydroxyl groups is 2. The van der Waals surface area contributed by atoms with E-state index in [0.29, 0.717) is 6.42 Å². The number of ketones is 1. The van der Waals surface area contributed by atoms with E-state index in [-0.39, 0.29) is 58.6 Å². The first-order chi connectivity index (χ1) is 16.0. The molecule has 11 atom stereocenters. The molecule has 0 aromatic rings. The lowest BCUT2D eigenvalue weighted by Crippen LogP contribution is -2.70. The summed E-state index contributed by atoms with van der Waals surface area (Å²) >= 11 is 0. The van der Waals surface area contributed by atoms with E-state index in [4.69, 9.17) is 4.74 Å². The number of fused-ring (bicyclic) bond motifs is 7. The van der Waals surface area contributed by atoms with Crippen LogP contribution < -0.4 is 0 Å². The second kappa shape index (κ2) is 7.43. The van der Waals surface area contributed by atoms with Crippen LogP contribution in [0.5, 0.6) is 0 Å². The third kappa shape index (κ3) is 3.00. The molecular formula is C30H46O5. The molecule has 5 aliphatic rings. The molecule has 5 heteroatoms. The average Bonchev–Trinajstić information content (AvgIpc) is 2.82. The lowest BCUT2D eigenvalue weighted by Gasteiger charge is -2.71. The number of hydrogen-bond donors (Lipinski definition) is 2. The second-order valence-corrected chi connectivity index (χ2v) is 14.5. The molecule has 0 aromatic carbocycles. The summed E-state index contributed by atoms with van der Waals surface area (Å²) < 4.78 is 6.16. The Morgan fingerprint density at radius 2 is 1.60 bits per heavy atom. The smallest absolute Gasteiger partial charge is 0.306 e. The number of aliphatic hydroxyl groups excluding tert-OH is 2. The van der Waals surface area contributed by atoms with Crippen LogP contribution in [0.2, 0.25) is 0 Å². The van der Waals surface area contributed by atoms with Gasteiger partial charge < -0.3 is 14.9 Å². The zero-order valence-electron chi connectivity index (χ0n) is 23.0.